The lowest BCUT2D eigenvalue weighted by Gasteiger charge is -2.47. The molecular weight excluding hydrogens is 881 g/mol. The highest BCUT2D eigenvalue weighted by Crippen LogP contribution is 2.45. The minimum absolute atomic E-state index is 0.0402. The number of hydrogen-bond acceptors (Lipinski definition) is 8. The maximum absolute atomic E-state index is 13.8. The SMILES string of the molecule is CC.CC.CC.CC.CC.CC.CC1CC(=O)N(CC(C)(C)C(=O)NC(C)(C)CC(C)(C)OCC(C)(C)COCC(C)(C)C(C)(C)CC(C)(C)NC(=O)C(C)(C)CC(C)(C)N2C(=O)CC(C)C2=O)C1=O. The number of hydrogen-bond donors (Lipinski definition) is 2. The van der Waals surface area contributed by atoms with E-state index in [1.165, 1.54) is 9.80 Å². The summed E-state index contributed by atoms with van der Waals surface area (Å²) in [5.41, 5.74) is -5.20. The molecule has 2 unspecified atom stereocenters. The summed E-state index contributed by atoms with van der Waals surface area (Å²) in [7, 11) is 0. The van der Waals surface area contributed by atoms with Gasteiger partial charge in [0, 0.05) is 58.7 Å². The van der Waals surface area contributed by atoms with Crippen LogP contribution in [0, 0.1) is 38.9 Å². The van der Waals surface area contributed by atoms with E-state index in [1.807, 2.05) is 152 Å². The van der Waals surface area contributed by atoms with E-state index in [4.69, 9.17) is 9.47 Å². The van der Waals surface area contributed by atoms with Crippen molar-refractivity contribution in [1.29, 1.82) is 0 Å². The second-order valence-electron chi connectivity index (χ2n) is 23.9. The van der Waals surface area contributed by atoms with Crippen LogP contribution in [0.2, 0.25) is 0 Å². The number of carbonyl (C=O) groups excluding carboxylic acids is 6. The van der Waals surface area contributed by atoms with Crippen molar-refractivity contribution in [2.24, 2.45) is 38.9 Å². The van der Waals surface area contributed by atoms with Gasteiger partial charge < -0.3 is 20.1 Å². The zero-order valence-electron chi connectivity index (χ0n) is 52.2. The molecular formula is C58H118N4O8. The molecule has 2 rings (SSSR count). The van der Waals surface area contributed by atoms with Gasteiger partial charge in [-0.1, -0.05) is 152 Å². The van der Waals surface area contributed by atoms with Crippen molar-refractivity contribution in [3.8, 4) is 0 Å². The number of amides is 6. The maximum Gasteiger partial charge on any atom is 0.233 e. The molecule has 2 atom stereocenters. The van der Waals surface area contributed by atoms with Crippen LogP contribution < -0.4 is 10.6 Å². The van der Waals surface area contributed by atoms with E-state index in [-0.39, 0.29) is 82.9 Å². The van der Waals surface area contributed by atoms with Gasteiger partial charge in [0.2, 0.25) is 35.4 Å². The Morgan fingerprint density at radius 1 is 0.500 bits per heavy atom. The van der Waals surface area contributed by atoms with Crippen LogP contribution in [0.15, 0.2) is 0 Å². The van der Waals surface area contributed by atoms with Gasteiger partial charge in [-0.2, -0.15) is 0 Å². The average molecular weight is 1000 g/mol. The van der Waals surface area contributed by atoms with Gasteiger partial charge in [-0.05, 0) is 99.3 Å². The molecule has 6 amide bonds. The highest BCUT2D eigenvalue weighted by molar-refractivity contribution is 6.04. The lowest BCUT2D eigenvalue weighted by molar-refractivity contribution is -0.149. The number of nitrogens with one attached hydrogen (secondary N) is 2. The van der Waals surface area contributed by atoms with Gasteiger partial charge in [0.15, 0.2) is 0 Å². The van der Waals surface area contributed by atoms with Crippen molar-refractivity contribution in [3.63, 3.8) is 0 Å². The summed E-state index contributed by atoms with van der Waals surface area (Å²) < 4.78 is 12.9. The summed E-state index contributed by atoms with van der Waals surface area (Å²) >= 11 is 0. The molecule has 0 aromatic heterocycles. The van der Waals surface area contributed by atoms with Gasteiger partial charge >= 0.3 is 0 Å². The fourth-order valence-electron chi connectivity index (χ4n) is 8.85. The van der Waals surface area contributed by atoms with Gasteiger partial charge in [0.05, 0.1) is 30.8 Å². The standard InChI is InChI=1S/C46H82N4O8.6C2H6/c1-30-21-32(51)49(34(30)53)26-40(7,8)37(56)48-44(15,16)25-46(19,20)58-28-38(3,4)27-57-29-42(11,12)41(9,10)24-43(13,14)47-36(55)39(5,6)23-45(17,18)50-33(52)22-31(2)35(50)54;6*1-2/h30-31H,21-29H2,1-20H3,(H,47,55)(H,48,56);6*1-2H3. The number of nitrogens with zero attached hydrogens (tertiary/aromatic N) is 2. The third-order valence-corrected chi connectivity index (χ3v) is 12.4. The summed E-state index contributed by atoms with van der Waals surface area (Å²) in [6.45, 7) is 64.9. The monoisotopic (exact) mass is 999 g/mol. The first-order valence-corrected chi connectivity index (χ1v) is 27.3. The number of rotatable bonds is 21. The molecule has 0 bridgehead atoms. The lowest BCUT2D eigenvalue weighted by Crippen LogP contribution is -2.56. The molecule has 70 heavy (non-hydrogen) atoms. The normalized spacial score (nSPS) is 16.9. The molecule has 0 saturated carbocycles. The molecule has 12 heteroatoms. The van der Waals surface area contributed by atoms with E-state index in [0.29, 0.717) is 39.1 Å². The van der Waals surface area contributed by atoms with Crippen LogP contribution in [0.4, 0.5) is 0 Å². The predicted molar refractivity (Wildman–Crippen MR) is 296 cm³/mol. The van der Waals surface area contributed by atoms with Crippen LogP contribution in [-0.4, -0.2) is 93.8 Å². The predicted octanol–water partition coefficient (Wildman–Crippen LogP) is 13.6. The number of ether oxygens (including phenoxy) is 2. The third kappa shape index (κ3) is 24.7. The Morgan fingerprint density at radius 3 is 1.27 bits per heavy atom. The van der Waals surface area contributed by atoms with Crippen LogP contribution >= 0.6 is 0 Å². The maximum atomic E-state index is 13.8. The number of carbonyl (C=O) groups is 6. The van der Waals surface area contributed by atoms with Crippen LogP contribution in [-0.2, 0) is 38.2 Å². The zero-order chi connectivity index (χ0) is 57.5. The molecule has 2 fully saturated rings. The minimum atomic E-state index is -0.962. The minimum Gasteiger partial charge on any atom is -0.380 e. The molecule has 0 aromatic carbocycles. The Hall–Kier alpha value is -2.86. The van der Waals surface area contributed by atoms with Crippen LogP contribution in [0.5, 0.6) is 0 Å². The smallest absolute Gasteiger partial charge is 0.233 e. The largest absolute Gasteiger partial charge is 0.380 e. The van der Waals surface area contributed by atoms with E-state index in [0.717, 1.165) is 0 Å². The zero-order valence-corrected chi connectivity index (χ0v) is 52.2. The van der Waals surface area contributed by atoms with Gasteiger partial charge in [0.1, 0.15) is 0 Å². The summed E-state index contributed by atoms with van der Waals surface area (Å²) in [4.78, 5) is 80.3. The molecule has 2 heterocycles. The topological polar surface area (TPSA) is 151 Å². The molecule has 2 N–H and O–H groups in total. The molecule has 0 spiro atoms. The van der Waals surface area contributed by atoms with Crippen molar-refractivity contribution in [2.45, 2.75) is 276 Å². The molecule has 2 aliphatic rings. The lowest BCUT2D eigenvalue weighted by atomic mass is 9.63. The first-order chi connectivity index (χ1) is 31.7. The molecule has 12 nitrogen and oxygen atoms in total. The van der Waals surface area contributed by atoms with Crippen molar-refractivity contribution in [3.05, 3.63) is 0 Å². The van der Waals surface area contributed by atoms with Crippen LogP contribution in [0.3, 0.4) is 0 Å². The first-order valence-electron chi connectivity index (χ1n) is 27.3. The van der Waals surface area contributed by atoms with E-state index < -0.39 is 33.0 Å². The molecule has 2 saturated heterocycles. The quantitative estimate of drug-likeness (QED) is 0.108. The Kier molecular flexibility index (Phi) is 34.4. The molecule has 0 aliphatic carbocycles. The summed E-state index contributed by atoms with van der Waals surface area (Å²) in [5, 5.41) is 6.45. The Balaban J connectivity index is -0.00000108. The average Bonchev–Trinajstić information content (AvgIpc) is 3.64. The van der Waals surface area contributed by atoms with Gasteiger partial charge in [-0.3, -0.25) is 38.6 Å². The van der Waals surface area contributed by atoms with E-state index in [9.17, 15) is 28.8 Å². The highest BCUT2D eigenvalue weighted by atomic mass is 16.5. The number of likely N-dealkylation sites (tertiary alicyclic amines) is 2. The molecule has 418 valence electrons. The van der Waals surface area contributed by atoms with Crippen molar-refractivity contribution in [1.82, 2.24) is 20.4 Å². The van der Waals surface area contributed by atoms with E-state index >= 15 is 0 Å². The fraction of sp³-hybridized carbons (Fsp3) is 0.897. The molecule has 0 radical (unpaired) electrons. The van der Waals surface area contributed by atoms with E-state index in [1.54, 1.807) is 27.7 Å². The van der Waals surface area contributed by atoms with Crippen molar-refractivity contribution < 1.29 is 38.2 Å². The van der Waals surface area contributed by atoms with E-state index in [2.05, 4.69) is 52.2 Å². The van der Waals surface area contributed by atoms with Gasteiger partial charge in [0.25, 0.3) is 0 Å². The first kappa shape index (κ1) is 76.1. The van der Waals surface area contributed by atoms with Crippen LogP contribution in [0.1, 0.15) is 254 Å². The van der Waals surface area contributed by atoms with Crippen molar-refractivity contribution in [2.75, 3.05) is 26.4 Å². The molecule has 2 aliphatic heterocycles. The highest BCUT2D eigenvalue weighted by Gasteiger charge is 2.49. The fourth-order valence-corrected chi connectivity index (χ4v) is 8.85. The Bertz CT molecular complexity index is 1570. The van der Waals surface area contributed by atoms with Gasteiger partial charge in [-0.25, -0.2) is 0 Å². The Labute approximate surface area is 433 Å². The van der Waals surface area contributed by atoms with Crippen LogP contribution in [0.25, 0.3) is 0 Å². The second-order valence-corrected chi connectivity index (χ2v) is 23.9. The summed E-state index contributed by atoms with van der Waals surface area (Å²) in [6.07, 6.45) is 1.93. The second kappa shape index (κ2) is 31.7. The number of imide groups is 2. The van der Waals surface area contributed by atoms with Gasteiger partial charge in [-0.15, -0.1) is 0 Å². The Morgan fingerprint density at radius 2 is 0.886 bits per heavy atom. The summed E-state index contributed by atoms with van der Waals surface area (Å²) in [5.74, 6) is -1.87. The van der Waals surface area contributed by atoms with Crippen molar-refractivity contribution >= 4 is 35.4 Å². The summed E-state index contributed by atoms with van der Waals surface area (Å²) in [6, 6.07) is 0. The third-order valence-electron chi connectivity index (χ3n) is 12.4. The molecule has 0 aromatic rings.